The minimum Gasteiger partial charge on any atom is -0.486 e. The second-order valence-electron chi connectivity index (χ2n) is 5.36. The van der Waals surface area contributed by atoms with Crippen molar-refractivity contribution >= 4 is 34.5 Å². The van der Waals surface area contributed by atoms with Crippen molar-refractivity contribution in [3.8, 4) is 11.5 Å². The van der Waals surface area contributed by atoms with Crippen LogP contribution >= 0.6 is 22.6 Å². The van der Waals surface area contributed by atoms with Crippen molar-refractivity contribution < 1.29 is 23.8 Å². The maximum absolute atomic E-state index is 12.0. The predicted molar refractivity (Wildman–Crippen MR) is 98.8 cm³/mol. The molecule has 7 heteroatoms. The monoisotopic (exact) mass is 453 g/mol. The Kier molecular flexibility index (Phi) is 5.75. The summed E-state index contributed by atoms with van der Waals surface area (Å²) in [5.74, 6) is 0.433. The fraction of sp³-hybridized carbons (Fsp3) is 0.222. The van der Waals surface area contributed by atoms with Gasteiger partial charge in [0.1, 0.15) is 12.7 Å². The Balaban J connectivity index is 1.43. The average Bonchev–Trinajstić information content (AvgIpc) is 2.64. The summed E-state index contributed by atoms with van der Waals surface area (Å²) in [7, 11) is 0. The lowest BCUT2D eigenvalue weighted by Crippen LogP contribution is -2.42. The number of hydrogen-bond donors (Lipinski definition) is 1. The van der Waals surface area contributed by atoms with E-state index in [1.165, 1.54) is 0 Å². The van der Waals surface area contributed by atoms with Crippen molar-refractivity contribution in [2.24, 2.45) is 0 Å². The molecule has 25 heavy (non-hydrogen) atoms. The number of hydrogen-bond acceptors (Lipinski definition) is 5. The summed E-state index contributed by atoms with van der Waals surface area (Å²) < 4.78 is 17.1. The van der Waals surface area contributed by atoms with Crippen LogP contribution in [-0.2, 0) is 9.53 Å². The van der Waals surface area contributed by atoms with Gasteiger partial charge >= 0.3 is 5.97 Å². The summed E-state index contributed by atoms with van der Waals surface area (Å²) in [6.07, 6.45) is -0.287. The molecule has 0 saturated heterocycles. The number of fused-ring (bicyclic) bond motifs is 1. The first kappa shape index (κ1) is 17.5. The van der Waals surface area contributed by atoms with Crippen LogP contribution < -0.4 is 14.8 Å². The molecule has 0 spiro atoms. The molecule has 1 unspecified atom stereocenters. The summed E-state index contributed by atoms with van der Waals surface area (Å²) in [4.78, 5) is 23.8. The van der Waals surface area contributed by atoms with E-state index < -0.39 is 5.97 Å². The van der Waals surface area contributed by atoms with Crippen LogP contribution in [0.2, 0.25) is 0 Å². The maximum Gasteiger partial charge on any atom is 0.339 e. The van der Waals surface area contributed by atoms with E-state index in [2.05, 4.69) is 5.32 Å². The van der Waals surface area contributed by atoms with Crippen LogP contribution in [0, 0.1) is 3.57 Å². The third kappa shape index (κ3) is 4.62. The number of ether oxygens (including phenoxy) is 3. The molecule has 0 fully saturated rings. The molecule has 1 heterocycles. The van der Waals surface area contributed by atoms with E-state index in [0.717, 1.165) is 3.57 Å². The minimum absolute atomic E-state index is 0.271. The summed E-state index contributed by atoms with van der Waals surface area (Å²) >= 11 is 2.05. The van der Waals surface area contributed by atoms with E-state index in [4.69, 9.17) is 14.2 Å². The van der Waals surface area contributed by atoms with E-state index >= 15 is 0 Å². The van der Waals surface area contributed by atoms with Gasteiger partial charge in [0.15, 0.2) is 18.1 Å². The van der Waals surface area contributed by atoms with Crippen molar-refractivity contribution in [2.45, 2.75) is 6.10 Å². The van der Waals surface area contributed by atoms with Gasteiger partial charge in [-0.1, -0.05) is 24.3 Å². The Morgan fingerprint density at radius 1 is 1.12 bits per heavy atom. The molecule has 2 aromatic rings. The van der Waals surface area contributed by atoms with Crippen molar-refractivity contribution in [3.63, 3.8) is 0 Å². The molecule has 2 aromatic carbocycles. The minimum atomic E-state index is -0.522. The second-order valence-corrected chi connectivity index (χ2v) is 6.52. The highest BCUT2D eigenvalue weighted by Crippen LogP contribution is 2.30. The smallest absolute Gasteiger partial charge is 0.339 e. The van der Waals surface area contributed by atoms with Gasteiger partial charge in [-0.25, -0.2) is 4.79 Å². The molecule has 1 aliphatic rings. The van der Waals surface area contributed by atoms with Gasteiger partial charge in [0.05, 0.1) is 12.1 Å². The number of rotatable bonds is 5. The van der Waals surface area contributed by atoms with E-state index in [9.17, 15) is 9.59 Å². The fourth-order valence-corrected chi connectivity index (χ4v) is 2.89. The maximum atomic E-state index is 12.0. The third-order valence-electron chi connectivity index (χ3n) is 3.52. The number of nitrogens with one attached hydrogen (secondary N) is 1. The molecule has 1 N–H and O–H groups in total. The molecule has 0 radical (unpaired) electrons. The number of carbonyl (C=O) groups excluding carboxylic acids is 2. The Morgan fingerprint density at radius 3 is 2.64 bits per heavy atom. The van der Waals surface area contributed by atoms with Gasteiger partial charge in [-0.2, -0.15) is 0 Å². The van der Waals surface area contributed by atoms with E-state index in [-0.39, 0.29) is 25.2 Å². The molecular weight excluding hydrogens is 437 g/mol. The lowest BCUT2D eigenvalue weighted by molar-refractivity contribution is -0.124. The van der Waals surface area contributed by atoms with Gasteiger partial charge in [0.25, 0.3) is 5.91 Å². The lowest BCUT2D eigenvalue weighted by atomic mass is 10.2. The predicted octanol–water partition coefficient (Wildman–Crippen LogP) is 2.40. The highest BCUT2D eigenvalue weighted by atomic mass is 127. The average molecular weight is 453 g/mol. The molecule has 3 rings (SSSR count). The normalized spacial score (nSPS) is 15.3. The number of carbonyl (C=O) groups is 2. The Labute approximate surface area is 158 Å². The van der Waals surface area contributed by atoms with Crippen LogP contribution in [0.1, 0.15) is 10.4 Å². The van der Waals surface area contributed by atoms with E-state index in [1.54, 1.807) is 18.2 Å². The quantitative estimate of drug-likeness (QED) is 0.556. The zero-order chi connectivity index (χ0) is 17.6. The summed E-state index contributed by atoms with van der Waals surface area (Å²) in [6, 6.07) is 14.4. The SMILES string of the molecule is O=C(COC(=O)c1ccccc1I)NCC1COc2ccccc2O1. The molecule has 6 nitrogen and oxygen atoms in total. The zero-order valence-corrected chi connectivity index (χ0v) is 15.4. The Hall–Kier alpha value is -2.29. The largest absolute Gasteiger partial charge is 0.486 e. The van der Waals surface area contributed by atoms with Gasteiger partial charge in [0, 0.05) is 3.57 Å². The zero-order valence-electron chi connectivity index (χ0n) is 13.2. The number of benzene rings is 2. The van der Waals surface area contributed by atoms with Crippen LogP contribution in [0.25, 0.3) is 0 Å². The van der Waals surface area contributed by atoms with Crippen LogP contribution in [0.3, 0.4) is 0 Å². The van der Waals surface area contributed by atoms with Gasteiger partial charge in [-0.05, 0) is 46.9 Å². The lowest BCUT2D eigenvalue weighted by Gasteiger charge is -2.26. The number of halogens is 1. The molecule has 0 saturated carbocycles. The van der Waals surface area contributed by atoms with Gasteiger partial charge in [-0.3, -0.25) is 4.79 Å². The molecule has 0 bridgehead atoms. The second kappa shape index (κ2) is 8.19. The van der Waals surface area contributed by atoms with Crippen molar-refractivity contribution in [1.29, 1.82) is 0 Å². The van der Waals surface area contributed by atoms with E-state index in [0.29, 0.717) is 23.7 Å². The van der Waals surface area contributed by atoms with Crippen LogP contribution in [0.15, 0.2) is 48.5 Å². The molecule has 1 amide bonds. The molecule has 1 aliphatic heterocycles. The Bertz CT molecular complexity index is 780. The fourth-order valence-electron chi connectivity index (χ4n) is 2.28. The van der Waals surface area contributed by atoms with Crippen molar-refractivity contribution in [2.75, 3.05) is 19.8 Å². The summed E-state index contributed by atoms with van der Waals surface area (Å²) in [5, 5.41) is 2.68. The van der Waals surface area contributed by atoms with Crippen molar-refractivity contribution in [1.82, 2.24) is 5.32 Å². The van der Waals surface area contributed by atoms with Gasteiger partial charge in [0.2, 0.25) is 0 Å². The first-order chi connectivity index (χ1) is 12.1. The molecule has 1 atom stereocenters. The van der Waals surface area contributed by atoms with Gasteiger partial charge in [-0.15, -0.1) is 0 Å². The number of amides is 1. The number of esters is 1. The summed E-state index contributed by atoms with van der Waals surface area (Å²) in [6.45, 7) is 0.279. The Morgan fingerprint density at radius 2 is 1.84 bits per heavy atom. The molecule has 130 valence electrons. The van der Waals surface area contributed by atoms with Crippen molar-refractivity contribution in [3.05, 3.63) is 57.7 Å². The van der Waals surface area contributed by atoms with Gasteiger partial charge < -0.3 is 19.5 Å². The standard InChI is InChI=1S/C18H16INO5/c19-14-6-2-1-5-13(14)18(22)24-11-17(21)20-9-12-10-23-15-7-3-4-8-16(15)25-12/h1-8,12H,9-11H2,(H,20,21). The first-order valence-corrected chi connectivity index (χ1v) is 8.78. The van der Waals surface area contributed by atoms with Crippen LogP contribution in [0.4, 0.5) is 0 Å². The third-order valence-corrected chi connectivity index (χ3v) is 4.46. The first-order valence-electron chi connectivity index (χ1n) is 7.70. The summed E-state index contributed by atoms with van der Waals surface area (Å²) in [5.41, 5.74) is 0.441. The molecule has 0 aliphatic carbocycles. The number of para-hydroxylation sites is 2. The molecular formula is C18H16INO5. The topological polar surface area (TPSA) is 73.9 Å². The van der Waals surface area contributed by atoms with Crippen LogP contribution in [-0.4, -0.2) is 37.7 Å². The van der Waals surface area contributed by atoms with Crippen LogP contribution in [0.5, 0.6) is 11.5 Å². The highest BCUT2D eigenvalue weighted by molar-refractivity contribution is 14.1. The van der Waals surface area contributed by atoms with E-state index in [1.807, 2.05) is 52.9 Å². The highest BCUT2D eigenvalue weighted by Gasteiger charge is 2.21. The molecule has 0 aromatic heterocycles.